The molecule has 1 heterocycles. The van der Waals surface area contributed by atoms with E-state index in [1.165, 1.54) is 11.0 Å². The minimum atomic E-state index is -1.11. The first-order chi connectivity index (χ1) is 16.1. The number of halogens is 3. The van der Waals surface area contributed by atoms with Crippen LogP contribution in [0.5, 0.6) is 0 Å². The number of benzene rings is 2. The number of amides is 3. The molecule has 0 radical (unpaired) electrons. The molecule has 1 aliphatic heterocycles. The zero-order valence-corrected chi connectivity index (χ0v) is 20.9. The van der Waals surface area contributed by atoms with E-state index >= 15 is 0 Å². The Hall–Kier alpha value is -3.04. The Morgan fingerprint density at radius 3 is 2.23 bits per heavy atom. The van der Waals surface area contributed by atoms with Crippen molar-refractivity contribution in [3.05, 3.63) is 65.2 Å². The molecule has 3 rings (SSSR count). The van der Waals surface area contributed by atoms with E-state index in [2.05, 4.69) is 16.0 Å². The number of carbonyl (C=O) groups excluding carboxylic acids is 3. The van der Waals surface area contributed by atoms with Gasteiger partial charge in [0.2, 0.25) is 11.8 Å². The summed E-state index contributed by atoms with van der Waals surface area (Å²) < 4.78 is 28.5. The summed E-state index contributed by atoms with van der Waals surface area (Å²) in [6.07, 6.45) is 0.505. The molecule has 0 saturated heterocycles. The molecule has 0 spiro atoms. The fourth-order valence-electron chi connectivity index (χ4n) is 4.00. The van der Waals surface area contributed by atoms with Crippen LogP contribution in [-0.4, -0.2) is 48.3 Å². The van der Waals surface area contributed by atoms with Gasteiger partial charge in [0.05, 0.1) is 6.04 Å². The van der Waals surface area contributed by atoms with Crippen LogP contribution in [0.1, 0.15) is 37.9 Å². The highest BCUT2D eigenvalue weighted by molar-refractivity contribution is 6.00. The Morgan fingerprint density at radius 1 is 1.00 bits per heavy atom. The lowest BCUT2D eigenvalue weighted by molar-refractivity contribution is -0.144. The van der Waals surface area contributed by atoms with Crippen molar-refractivity contribution in [1.82, 2.24) is 15.5 Å². The number of anilines is 1. The van der Waals surface area contributed by atoms with Gasteiger partial charge < -0.3 is 20.9 Å². The lowest BCUT2D eigenvalue weighted by atomic mass is 9.90. The number of rotatable bonds is 7. The molecule has 3 atom stereocenters. The summed E-state index contributed by atoms with van der Waals surface area (Å²) in [6.45, 7) is 5.49. The quantitative estimate of drug-likeness (QED) is 0.536. The largest absolute Gasteiger partial charge is 0.343 e. The van der Waals surface area contributed by atoms with Crippen LogP contribution >= 0.6 is 12.4 Å². The maximum absolute atomic E-state index is 14.2. The monoisotopic (exact) mass is 508 g/mol. The van der Waals surface area contributed by atoms with Gasteiger partial charge in [-0.2, -0.15) is 0 Å². The van der Waals surface area contributed by atoms with Gasteiger partial charge in [0.25, 0.3) is 5.91 Å². The van der Waals surface area contributed by atoms with Crippen molar-refractivity contribution in [2.24, 2.45) is 5.92 Å². The second-order valence-electron chi connectivity index (χ2n) is 8.71. The molecule has 10 heteroatoms. The fourth-order valence-corrected chi connectivity index (χ4v) is 4.00. The topological polar surface area (TPSA) is 90.5 Å². The van der Waals surface area contributed by atoms with Crippen LogP contribution in [0.4, 0.5) is 14.5 Å². The third-order valence-electron chi connectivity index (χ3n) is 6.08. The molecule has 0 saturated carbocycles. The average molecular weight is 509 g/mol. The van der Waals surface area contributed by atoms with Crippen LogP contribution in [-0.2, 0) is 20.8 Å². The van der Waals surface area contributed by atoms with Crippen molar-refractivity contribution in [3.63, 3.8) is 0 Å². The molecule has 0 fully saturated rings. The number of nitrogens with one attached hydrogen (secondary N) is 3. The summed E-state index contributed by atoms with van der Waals surface area (Å²) >= 11 is 0. The van der Waals surface area contributed by atoms with Crippen LogP contribution in [0.2, 0.25) is 0 Å². The Kier molecular flexibility index (Phi) is 9.73. The minimum absolute atomic E-state index is 0. The van der Waals surface area contributed by atoms with E-state index in [1.807, 2.05) is 12.1 Å². The lowest BCUT2D eigenvalue weighted by Gasteiger charge is -2.39. The highest BCUT2D eigenvalue weighted by Gasteiger charge is 2.40. The van der Waals surface area contributed by atoms with Gasteiger partial charge in [-0.05, 0) is 49.6 Å². The number of hydrogen-bond acceptors (Lipinski definition) is 4. The van der Waals surface area contributed by atoms with E-state index in [1.54, 1.807) is 40.0 Å². The van der Waals surface area contributed by atoms with Gasteiger partial charge in [-0.25, -0.2) is 8.78 Å². The summed E-state index contributed by atoms with van der Waals surface area (Å²) in [7, 11) is 1.64. The van der Waals surface area contributed by atoms with E-state index in [9.17, 15) is 23.2 Å². The summed E-state index contributed by atoms with van der Waals surface area (Å²) in [5, 5.41) is 7.93. The fraction of sp³-hybridized carbons (Fsp3) is 0.400. The van der Waals surface area contributed by atoms with Crippen LogP contribution in [0, 0.1) is 17.6 Å². The van der Waals surface area contributed by atoms with Crippen molar-refractivity contribution in [1.29, 1.82) is 0 Å². The van der Waals surface area contributed by atoms with Gasteiger partial charge in [0, 0.05) is 6.54 Å². The second kappa shape index (κ2) is 12.1. The first kappa shape index (κ1) is 28.2. The molecule has 0 aliphatic carbocycles. The summed E-state index contributed by atoms with van der Waals surface area (Å²) in [5.74, 6) is -3.60. The van der Waals surface area contributed by atoms with Crippen molar-refractivity contribution < 1.29 is 23.2 Å². The lowest BCUT2D eigenvalue weighted by Crippen LogP contribution is -2.57. The van der Waals surface area contributed by atoms with Gasteiger partial charge in [-0.3, -0.25) is 14.4 Å². The molecular weight excluding hydrogens is 478 g/mol. The van der Waals surface area contributed by atoms with Crippen LogP contribution < -0.4 is 16.0 Å². The van der Waals surface area contributed by atoms with Crippen LogP contribution in [0.3, 0.4) is 0 Å². The Morgan fingerprint density at radius 2 is 1.63 bits per heavy atom. The second-order valence-corrected chi connectivity index (χ2v) is 8.71. The van der Waals surface area contributed by atoms with Crippen LogP contribution in [0.15, 0.2) is 42.5 Å². The number of fused-ring (bicyclic) bond motifs is 1. The summed E-state index contributed by atoms with van der Waals surface area (Å²) in [5.41, 5.74) is 0.878. The van der Waals surface area contributed by atoms with Gasteiger partial charge in [0.1, 0.15) is 29.4 Å². The number of hydrogen-bond donors (Lipinski definition) is 3. The van der Waals surface area contributed by atoms with Crippen molar-refractivity contribution in [2.75, 3.05) is 18.9 Å². The van der Waals surface area contributed by atoms with Crippen molar-refractivity contribution in [3.8, 4) is 0 Å². The van der Waals surface area contributed by atoms with Crippen molar-refractivity contribution >= 4 is 35.8 Å². The molecule has 3 amide bonds. The molecule has 2 aromatic rings. The van der Waals surface area contributed by atoms with Crippen LogP contribution in [0.25, 0.3) is 0 Å². The number of likely N-dealkylation sites (N-methyl/N-ethyl adjacent to an activating group) is 1. The third-order valence-corrected chi connectivity index (χ3v) is 6.08. The highest BCUT2D eigenvalue weighted by Crippen LogP contribution is 2.32. The van der Waals surface area contributed by atoms with Gasteiger partial charge in [0.15, 0.2) is 0 Å². The Bertz CT molecular complexity index is 1060. The van der Waals surface area contributed by atoms with Gasteiger partial charge in [-0.1, -0.05) is 44.2 Å². The van der Waals surface area contributed by atoms with E-state index in [0.717, 1.165) is 17.7 Å². The molecule has 7 nitrogen and oxygen atoms in total. The molecule has 1 aliphatic rings. The maximum atomic E-state index is 14.2. The minimum Gasteiger partial charge on any atom is -0.343 e. The zero-order chi connectivity index (χ0) is 25.0. The highest BCUT2D eigenvalue weighted by atomic mass is 35.5. The maximum Gasteiger partial charge on any atom is 0.251 e. The van der Waals surface area contributed by atoms with Gasteiger partial charge >= 0.3 is 0 Å². The predicted molar refractivity (Wildman–Crippen MR) is 132 cm³/mol. The summed E-state index contributed by atoms with van der Waals surface area (Å²) in [6, 6.07) is 7.94. The number of carbonyl (C=O) groups is 3. The Labute approximate surface area is 210 Å². The average Bonchev–Trinajstić information content (AvgIpc) is 2.82. The number of nitrogens with zero attached hydrogens (tertiary/aromatic N) is 1. The standard InChI is InChI=1S/C25H30F2N4O3.ClH/c1-14(2)20(29-23(32)15(3)28-4)25(34)31-13-12-16-8-5-6-9-17(16)22(31)24(33)30-21-18(26)10-7-11-19(21)27;/h5-11,14-15,20,22,28H,12-13H2,1-4H3,(H,29,32)(H,30,33);1H/t15-,20-,22?;/m0./s1. The molecule has 1 unspecified atom stereocenters. The first-order valence-corrected chi connectivity index (χ1v) is 11.3. The number of para-hydroxylation sites is 1. The van der Waals surface area contributed by atoms with E-state index in [0.29, 0.717) is 12.0 Å². The van der Waals surface area contributed by atoms with E-state index in [4.69, 9.17) is 0 Å². The molecule has 190 valence electrons. The SMILES string of the molecule is CN[C@@H](C)C(=O)N[C@H](C(=O)N1CCc2ccccc2C1C(=O)Nc1c(F)cccc1F)C(C)C.Cl. The smallest absolute Gasteiger partial charge is 0.251 e. The molecule has 0 aromatic heterocycles. The van der Waals surface area contributed by atoms with Gasteiger partial charge in [-0.15, -0.1) is 12.4 Å². The van der Waals surface area contributed by atoms with E-state index in [-0.39, 0.29) is 30.8 Å². The Balaban J connectivity index is 0.00000432. The summed E-state index contributed by atoms with van der Waals surface area (Å²) in [4.78, 5) is 40.9. The molecule has 0 bridgehead atoms. The molecule has 35 heavy (non-hydrogen) atoms. The van der Waals surface area contributed by atoms with Crippen molar-refractivity contribution in [2.45, 2.75) is 45.3 Å². The zero-order valence-electron chi connectivity index (χ0n) is 20.1. The first-order valence-electron chi connectivity index (χ1n) is 11.3. The predicted octanol–water partition coefficient (Wildman–Crippen LogP) is 3.20. The normalized spacial score (nSPS) is 16.5. The molecule has 2 aromatic carbocycles. The van der Waals surface area contributed by atoms with E-state index < -0.39 is 47.3 Å². The third kappa shape index (κ3) is 6.15. The molecule has 3 N–H and O–H groups in total. The molecular formula is C25H31ClF2N4O3.